The molecule has 1 heterocycles. The fraction of sp³-hybridized carbons (Fsp3) is 0.231. The van der Waals surface area contributed by atoms with Gasteiger partial charge in [-0.2, -0.15) is 0 Å². The minimum atomic E-state index is 0.359. The number of thiocarbonyl (C=S) groups is 1. The predicted molar refractivity (Wildman–Crippen MR) is 72.6 cm³/mol. The van der Waals surface area contributed by atoms with E-state index in [1.54, 1.807) is 0 Å². The second-order valence-corrected chi connectivity index (χ2v) is 4.42. The molecular formula is C13H14N2O2S. The van der Waals surface area contributed by atoms with E-state index >= 15 is 0 Å². The van der Waals surface area contributed by atoms with Crippen molar-refractivity contribution in [1.29, 1.82) is 0 Å². The lowest BCUT2D eigenvalue weighted by atomic mass is 10.2. The molecule has 0 aliphatic heterocycles. The Morgan fingerprint density at radius 3 is 2.83 bits per heavy atom. The zero-order valence-electron chi connectivity index (χ0n) is 10.3. The highest BCUT2D eigenvalue weighted by molar-refractivity contribution is 7.80. The Labute approximate surface area is 111 Å². The zero-order chi connectivity index (χ0) is 13.1. The van der Waals surface area contributed by atoms with Crippen LogP contribution in [0.15, 0.2) is 28.8 Å². The van der Waals surface area contributed by atoms with Crippen LogP contribution in [0.4, 0.5) is 0 Å². The van der Waals surface area contributed by atoms with Crippen LogP contribution in [0, 0.1) is 13.8 Å². The molecule has 0 fully saturated rings. The van der Waals surface area contributed by atoms with Crippen molar-refractivity contribution in [2.24, 2.45) is 5.73 Å². The fourth-order valence-corrected chi connectivity index (χ4v) is 1.73. The first-order valence-corrected chi connectivity index (χ1v) is 5.93. The van der Waals surface area contributed by atoms with Gasteiger partial charge in [0.05, 0.1) is 11.3 Å². The Hall–Kier alpha value is -1.88. The lowest BCUT2D eigenvalue weighted by molar-refractivity contribution is 0.301. The van der Waals surface area contributed by atoms with E-state index in [0.29, 0.717) is 11.6 Å². The molecule has 0 saturated heterocycles. The summed E-state index contributed by atoms with van der Waals surface area (Å²) < 4.78 is 10.8. The van der Waals surface area contributed by atoms with Gasteiger partial charge in [-0.05, 0) is 26.0 Å². The predicted octanol–water partition coefficient (Wildman–Crippen LogP) is 2.50. The van der Waals surface area contributed by atoms with Crippen LogP contribution in [0.1, 0.15) is 22.6 Å². The Morgan fingerprint density at radius 1 is 1.44 bits per heavy atom. The Morgan fingerprint density at radius 2 is 2.22 bits per heavy atom. The van der Waals surface area contributed by atoms with Gasteiger partial charge in [-0.25, -0.2) is 0 Å². The summed E-state index contributed by atoms with van der Waals surface area (Å²) in [5.74, 6) is 1.50. The highest BCUT2D eigenvalue weighted by Crippen LogP contribution is 2.18. The maximum absolute atomic E-state index is 5.69. The topological polar surface area (TPSA) is 61.3 Å². The van der Waals surface area contributed by atoms with Gasteiger partial charge in [0.2, 0.25) is 0 Å². The Kier molecular flexibility index (Phi) is 3.62. The quantitative estimate of drug-likeness (QED) is 0.858. The Balaban J connectivity index is 2.11. The summed E-state index contributed by atoms with van der Waals surface area (Å²) in [6.07, 6.45) is 0. The van der Waals surface area contributed by atoms with Gasteiger partial charge in [0.25, 0.3) is 0 Å². The maximum Gasteiger partial charge on any atom is 0.140 e. The molecule has 94 valence electrons. The number of hydrogen-bond donors (Lipinski definition) is 1. The molecule has 0 unspecified atom stereocenters. The van der Waals surface area contributed by atoms with Gasteiger partial charge in [0, 0.05) is 5.56 Å². The van der Waals surface area contributed by atoms with Crippen LogP contribution in [-0.2, 0) is 6.61 Å². The lowest BCUT2D eigenvalue weighted by Crippen LogP contribution is -2.09. The number of benzene rings is 1. The first-order valence-electron chi connectivity index (χ1n) is 5.52. The first kappa shape index (κ1) is 12.6. The van der Waals surface area contributed by atoms with Crippen LogP contribution in [0.2, 0.25) is 0 Å². The molecule has 0 bridgehead atoms. The normalized spacial score (nSPS) is 10.3. The summed E-state index contributed by atoms with van der Waals surface area (Å²) in [5.41, 5.74) is 8.18. The molecule has 18 heavy (non-hydrogen) atoms. The van der Waals surface area contributed by atoms with Crippen molar-refractivity contribution < 1.29 is 9.26 Å². The SMILES string of the molecule is Cc1noc(C)c1COc1cccc(C(N)=S)c1. The average Bonchev–Trinajstić information content (AvgIpc) is 2.67. The van der Waals surface area contributed by atoms with Crippen molar-refractivity contribution in [2.75, 3.05) is 0 Å². The number of nitrogens with two attached hydrogens (primary N) is 1. The number of nitrogens with zero attached hydrogens (tertiary/aromatic N) is 1. The molecule has 0 amide bonds. The minimum absolute atomic E-state index is 0.359. The van der Waals surface area contributed by atoms with Crippen molar-refractivity contribution >= 4 is 17.2 Å². The smallest absolute Gasteiger partial charge is 0.140 e. The second kappa shape index (κ2) is 5.18. The zero-order valence-corrected chi connectivity index (χ0v) is 11.1. The van der Waals surface area contributed by atoms with E-state index < -0.39 is 0 Å². The van der Waals surface area contributed by atoms with Crippen molar-refractivity contribution in [3.05, 3.63) is 46.8 Å². The van der Waals surface area contributed by atoms with Crippen LogP contribution in [0.5, 0.6) is 5.75 Å². The monoisotopic (exact) mass is 262 g/mol. The third-order valence-corrected chi connectivity index (χ3v) is 2.92. The molecule has 5 heteroatoms. The summed E-state index contributed by atoms with van der Waals surface area (Å²) in [6.45, 7) is 4.17. The molecule has 0 atom stereocenters. The third-order valence-electron chi connectivity index (χ3n) is 2.68. The summed E-state index contributed by atoms with van der Waals surface area (Å²) in [4.78, 5) is 0.359. The van der Waals surface area contributed by atoms with E-state index in [-0.39, 0.29) is 0 Å². The molecule has 1 aromatic carbocycles. The maximum atomic E-state index is 5.69. The van der Waals surface area contributed by atoms with Gasteiger partial charge in [0.1, 0.15) is 23.1 Å². The fourth-order valence-electron chi connectivity index (χ4n) is 1.60. The highest BCUT2D eigenvalue weighted by Gasteiger charge is 2.09. The molecular weight excluding hydrogens is 248 g/mol. The average molecular weight is 262 g/mol. The Bertz CT molecular complexity index is 559. The van der Waals surface area contributed by atoms with Crippen LogP contribution >= 0.6 is 12.2 Å². The van der Waals surface area contributed by atoms with Crippen LogP contribution in [-0.4, -0.2) is 10.1 Å². The number of rotatable bonds is 4. The van der Waals surface area contributed by atoms with Gasteiger partial charge in [-0.1, -0.05) is 29.5 Å². The molecule has 1 aromatic heterocycles. The highest BCUT2D eigenvalue weighted by atomic mass is 32.1. The molecule has 0 saturated carbocycles. The van der Waals surface area contributed by atoms with Crippen LogP contribution in [0.25, 0.3) is 0 Å². The molecule has 0 radical (unpaired) electrons. The van der Waals surface area contributed by atoms with Gasteiger partial charge < -0.3 is 15.0 Å². The van der Waals surface area contributed by atoms with Gasteiger partial charge >= 0.3 is 0 Å². The van der Waals surface area contributed by atoms with Crippen molar-refractivity contribution in [3.63, 3.8) is 0 Å². The largest absolute Gasteiger partial charge is 0.489 e. The molecule has 0 spiro atoms. The van der Waals surface area contributed by atoms with E-state index in [0.717, 1.165) is 28.3 Å². The lowest BCUT2D eigenvalue weighted by Gasteiger charge is -2.07. The van der Waals surface area contributed by atoms with E-state index in [4.69, 9.17) is 27.2 Å². The number of aryl methyl sites for hydroxylation is 2. The summed E-state index contributed by atoms with van der Waals surface area (Å²) in [7, 11) is 0. The van der Waals surface area contributed by atoms with Crippen molar-refractivity contribution in [1.82, 2.24) is 5.16 Å². The molecule has 0 aliphatic carbocycles. The summed E-state index contributed by atoms with van der Waals surface area (Å²) >= 11 is 4.92. The number of hydrogen-bond acceptors (Lipinski definition) is 4. The summed E-state index contributed by atoms with van der Waals surface area (Å²) in [5, 5.41) is 3.88. The van der Waals surface area contributed by atoms with Crippen LogP contribution < -0.4 is 10.5 Å². The van der Waals surface area contributed by atoms with Gasteiger partial charge in [-0.15, -0.1) is 0 Å². The van der Waals surface area contributed by atoms with Gasteiger partial charge in [0.15, 0.2) is 0 Å². The van der Waals surface area contributed by atoms with Crippen molar-refractivity contribution in [3.8, 4) is 5.75 Å². The molecule has 4 nitrogen and oxygen atoms in total. The van der Waals surface area contributed by atoms with E-state index in [2.05, 4.69) is 5.16 Å². The minimum Gasteiger partial charge on any atom is -0.489 e. The van der Waals surface area contributed by atoms with Crippen LogP contribution in [0.3, 0.4) is 0 Å². The number of ether oxygens (including phenoxy) is 1. The second-order valence-electron chi connectivity index (χ2n) is 3.98. The molecule has 0 aliphatic rings. The van der Waals surface area contributed by atoms with E-state index in [9.17, 15) is 0 Å². The van der Waals surface area contributed by atoms with Gasteiger partial charge in [-0.3, -0.25) is 0 Å². The molecule has 2 rings (SSSR count). The molecule has 2 N–H and O–H groups in total. The molecule has 2 aromatic rings. The number of aromatic nitrogens is 1. The van der Waals surface area contributed by atoms with Crippen molar-refractivity contribution in [2.45, 2.75) is 20.5 Å². The van der Waals surface area contributed by atoms with E-state index in [1.807, 2.05) is 38.1 Å². The first-order chi connectivity index (χ1) is 8.58. The summed E-state index contributed by atoms with van der Waals surface area (Å²) in [6, 6.07) is 7.39. The van der Waals surface area contributed by atoms with E-state index in [1.165, 1.54) is 0 Å². The third kappa shape index (κ3) is 2.68. The standard InChI is InChI=1S/C13H14N2O2S/c1-8-12(9(2)17-15-8)7-16-11-5-3-4-10(6-11)13(14)18/h3-6H,7H2,1-2H3,(H2,14,18).